The summed E-state index contributed by atoms with van der Waals surface area (Å²) in [4.78, 5) is 88.5. The minimum absolute atomic E-state index is 0.0470. The third-order valence-electron chi connectivity index (χ3n) is 8.91. The molecule has 1 saturated carbocycles. The third-order valence-corrected chi connectivity index (χ3v) is 9.15. The van der Waals surface area contributed by atoms with Gasteiger partial charge in [-0.25, -0.2) is 0 Å². The Labute approximate surface area is 330 Å². The first-order chi connectivity index (χ1) is 26.3. The predicted molar refractivity (Wildman–Crippen MR) is 192 cm³/mol. The highest BCUT2D eigenvalue weighted by Crippen LogP contribution is 2.35. The maximum absolute atomic E-state index is 12.7. The van der Waals surface area contributed by atoms with Crippen LogP contribution in [-0.4, -0.2) is 153 Å². The van der Waals surface area contributed by atoms with Crippen molar-refractivity contribution in [3.63, 3.8) is 0 Å². The van der Waals surface area contributed by atoms with Gasteiger partial charge in [0.1, 0.15) is 31.5 Å². The first kappa shape index (κ1) is 46.2. The molecule has 2 heterocycles. The van der Waals surface area contributed by atoms with Gasteiger partial charge >= 0.3 is 41.8 Å². The fourth-order valence-electron chi connectivity index (χ4n) is 6.87. The van der Waals surface area contributed by atoms with Gasteiger partial charge in [-0.3, -0.25) is 33.6 Å². The molecule has 0 bridgehead atoms. The molecule has 21 heteroatoms. The van der Waals surface area contributed by atoms with Crippen LogP contribution in [0.25, 0.3) is 0 Å². The highest BCUT2D eigenvalue weighted by molar-refractivity contribution is 7.80. The van der Waals surface area contributed by atoms with Crippen molar-refractivity contribution >= 4 is 59.1 Å². The number of hydrogen-bond donors (Lipinski definition) is 2. The van der Waals surface area contributed by atoms with Crippen molar-refractivity contribution in [3.05, 3.63) is 0 Å². The van der Waals surface area contributed by atoms with Gasteiger partial charge in [0.05, 0.1) is 0 Å². The Morgan fingerprint density at radius 2 is 1.02 bits per heavy atom. The quantitative estimate of drug-likeness (QED) is 0.133. The SMILES string of the molecule is CC(=O)OCC1O[C@@H](NC(=S)N[C@H]2CCCC[C@@H]2N(C)C)C(OC(C)=O)C(OC(C)=O)[C@@H]1O[C@@H]1OC(COC(C)=O)[C@H](OC(C)=O)C(OC(C)=O)C1OC(C)=O. The van der Waals surface area contributed by atoms with Gasteiger partial charge in [0.25, 0.3) is 0 Å². The number of rotatable bonds is 14. The summed E-state index contributed by atoms with van der Waals surface area (Å²) >= 11 is 5.69. The molecule has 56 heavy (non-hydrogen) atoms. The lowest BCUT2D eigenvalue weighted by atomic mass is 9.89. The normalized spacial score (nSPS) is 31.5. The lowest BCUT2D eigenvalue weighted by Crippen LogP contribution is -2.69. The fourth-order valence-corrected chi connectivity index (χ4v) is 7.13. The number of ether oxygens (including phenoxy) is 10. The van der Waals surface area contributed by atoms with E-state index < -0.39 is 116 Å². The molecule has 0 radical (unpaired) electrons. The molecule has 0 spiro atoms. The molecule has 3 rings (SSSR count). The molecule has 0 amide bonds. The molecule has 3 fully saturated rings. The number of hydrogen-bond acceptors (Lipinski definition) is 19. The second kappa shape index (κ2) is 21.4. The lowest BCUT2D eigenvalue weighted by molar-refractivity contribution is -0.345. The van der Waals surface area contributed by atoms with E-state index in [1.54, 1.807) is 0 Å². The van der Waals surface area contributed by atoms with Gasteiger partial charge in [-0.2, -0.15) is 0 Å². The van der Waals surface area contributed by atoms with Gasteiger partial charge < -0.3 is 62.9 Å². The molecule has 1 aliphatic carbocycles. The first-order valence-electron chi connectivity index (χ1n) is 18.1. The third kappa shape index (κ3) is 13.8. The number of esters is 7. The second-order valence-electron chi connectivity index (χ2n) is 13.8. The minimum atomic E-state index is -1.79. The van der Waals surface area contributed by atoms with Crippen LogP contribution < -0.4 is 10.6 Å². The number of likely N-dealkylation sites (N-methyl/N-ethyl adjacent to an activating group) is 1. The highest BCUT2D eigenvalue weighted by atomic mass is 32.1. The summed E-state index contributed by atoms with van der Waals surface area (Å²) in [6.45, 7) is 6.52. The Morgan fingerprint density at radius 3 is 1.52 bits per heavy atom. The summed E-state index contributed by atoms with van der Waals surface area (Å²) in [5, 5.41) is 6.44. The van der Waals surface area contributed by atoms with Crippen molar-refractivity contribution in [3.8, 4) is 0 Å². The standard InChI is InChI=1S/C35H53N3O17S/c1-16(39)46-14-25-28(55-34-32(52-22(7)45)30(50-20(5)43)27(48-18(3)41)26(54-34)15-47-17(2)40)29(49-19(4)42)31(51-21(6)44)33(53-25)37-35(56)36-23-12-10-11-13-24(23)38(8)9/h23-34H,10-15H2,1-9H3,(H2,36,37,56)/t23-,24-,25?,26?,27-,28+,29?,30?,31?,32?,33+,34-/m0/s1. The van der Waals surface area contributed by atoms with Crippen LogP contribution >= 0.6 is 12.2 Å². The first-order valence-corrected chi connectivity index (χ1v) is 18.5. The number of nitrogens with one attached hydrogen (secondary N) is 2. The van der Waals surface area contributed by atoms with Gasteiger partial charge in [0.15, 0.2) is 48.2 Å². The molecular formula is C35H53N3O17S. The minimum Gasteiger partial charge on any atom is -0.463 e. The summed E-state index contributed by atoms with van der Waals surface area (Å²) in [7, 11) is 3.94. The zero-order chi connectivity index (χ0) is 41.9. The maximum Gasteiger partial charge on any atom is 0.303 e. The van der Waals surface area contributed by atoms with Gasteiger partial charge in [-0.05, 0) is 39.2 Å². The second-order valence-corrected chi connectivity index (χ2v) is 14.2. The average molecular weight is 820 g/mol. The number of thiocarbonyl (C=S) groups is 1. The van der Waals surface area contributed by atoms with Crippen molar-refractivity contribution in [2.45, 2.75) is 148 Å². The van der Waals surface area contributed by atoms with Crippen LogP contribution in [-0.2, 0) is 80.9 Å². The van der Waals surface area contributed by atoms with Gasteiger partial charge in [0, 0.05) is 60.5 Å². The summed E-state index contributed by atoms with van der Waals surface area (Å²) in [5.41, 5.74) is 0. The molecule has 316 valence electrons. The zero-order valence-corrected chi connectivity index (χ0v) is 33.8. The lowest BCUT2D eigenvalue weighted by Gasteiger charge is -2.49. The molecule has 3 aliphatic rings. The molecule has 2 saturated heterocycles. The Kier molecular flexibility index (Phi) is 17.6. The fraction of sp³-hybridized carbons (Fsp3) is 0.771. The van der Waals surface area contributed by atoms with Gasteiger partial charge in [-0.1, -0.05) is 12.8 Å². The Bertz CT molecular complexity index is 1450. The molecule has 0 aromatic carbocycles. The van der Waals surface area contributed by atoms with E-state index in [1.165, 1.54) is 0 Å². The molecule has 0 aromatic heterocycles. The van der Waals surface area contributed by atoms with Crippen molar-refractivity contribution < 1.29 is 80.9 Å². The summed E-state index contributed by atoms with van der Waals surface area (Å²) in [5.74, 6) is -5.78. The van der Waals surface area contributed by atoms with E-state index in [0.29, 0.717) is 0 Å². The molecule has 0 aromatic rings. The molecule has 12 atom stereocenters. The van der Waals surface area contributed by atoms with Crippen molar-refractivity contribution in [1.82, 2.24) is 15.5 Å². The highest BCUT2D eigenvalue weighted by Gasteiger charge is 2.57. The van der Waals surface area contributed by atoms with Crippen LogP contribution in [0, 0.1) is 0 Å². The van der Waals surface area contributed by atoms with Crippen LogP contribution in [0.5, 0.6) is 0 Å². The van der Waals surface area contributed by atoms with E-state index in [1.807, 2.05) is 14.1 Å². The maximum atomic E-state index is 12.7. The monoisotopic (exact) mass is 819 g/mol. The number of carbonyl (C=O) groups excluding carboxylic acids is 7. The van der Waals surface area contributed by atoms with E-state index >= 15 is 0 Å². The summed E-state index contributed by atoms with van der Waals surface area (Å²) < 4.78 is 57.2. The average Bonchev–Trinajstić information content (AvgIpc) is 3.07. The number of carbonyl (C=O) groups is 7. The van der Waals surface area contributed by atoms with Crippen LogP contribution in [0.2, 0.25) is 0 Å². The largest absolute Gasteiger partial charge is 0.463 e. The summed E-state index contributed by atoms with van der Waals surface area (Å²) in [6, 6.07) is 0.110. The van der Waals surface area contributed by atoms with Crippen LogP contribution in [0.3, 0.4) is 0 Å². The Morgan fingerprint density at radius 1 is 0.571 bits per heavy atom. The number of nitrogens with zero attached hydrogens (tertiary/aromatic N) is 1. The smallest absolute Gasteiger partial charge is 0.303 e. The Balaban J connectivity index is 2.11. The molecule has 2 N–H and O–H groups in total. The van der Waals surface area contributed by atoms with Crippen molar-refractivity contribution in [2.24, 2.45) is 0 Å². The van der Waals surface area contributed by atoms with Crippen LogP contribution in [0.1, 0.15) is 74.1 Å². The van der Waals surface area contributed by atoms with Crippen LogP contribution in [0.4, 0.5) is 0 Å². The van der Waals surface area contributed by atoms with E-state index in [-0.39, 0.29) is 17.2 Å². The Hall–Kier alpha value is -4.18. The molecule has 2 aliphatic heterocycles. The van der Waals surface area contributed by atoms with E-state index in [2.05, 4.69) is 15.5 Å². The van der Waals surface area contributed by atoms with E-state index in [4.69, 9.17) is 59.6 Å². The molecular weight excluding hydrogens is 766 g/mol. The zero-order valence-electron chi connectivity index (χ0n) is 33.0. The molecule has 20 nitrogen and oxygen atoms in total. The topological polar surface area (TPSA) is 239 Å². The molecule has 6 unspecified atom stereocenters. The summed E-state index contributed by atoms with van der Waals surface area (Å²) in [6.07, 6.45) is -11.6. The van der Waals surface area contributed by atoms with Crippen molar-refractivity contribution in [2.75, 3.05) is 27.3 Å². The van der Waals surface area contributed by atoms with Gasteiger partial charge in [0.2, 0.25) is 0 Å². The van der Waals surface area contributed by atoms with Gasteiger partial charge in [-0.15, -0.1) is 0 Å². The van der Waals surface area contributed by atoms with Crippen LogP contribution in [0.15, 0.2) is 0 Å². The van der Waals surface area contributed by atoms with E-state index in [0.717, 1.165) is 74.1 Å². The van der Waals surface area contributed by atoms with E-state index in [9.17, 15) is 33.6 Å². The van der Waals surface area contributed by atoms with Crippen molar-refractivity contribution in [1.29, 1.82) is 0 Å². The predicted octanol–water partition coefficient (Wildman–Crippen LogP) is -0.0570.